The Balaban J connectivity index is 1.60. The summed E-state index contributed by atoms with van der Waals surface area (Å²) in [5.74, 6) is -0.202. The van der Waals surface area contributed by atoms with Crippen LogP contribution < -0.4 is 10.6 Å². The largest absolute Gasteiger partial charge is 0.380 e. The second-order valence-electron chi connectivity index (χ2n) is 5.93. The van der Waals surface area contributed by atoms with Crippen LogP contribution in [0.2, 0.25) is 5.02 Å². The number of benzene rings is 2. The summed E-state index contributed by atoms with van der Waals surface area (Å²) in [6.45, 7) is 2.38. The van der Waals surface area contributed by atoms with Gasteiger partial charge in [-0.3, -0.25) is 4.79 Å². The molecule has 126 valence electrons. The van der Waals surface area contributed by atoms with E-state index in [0.717, 1.165) is 43.9 Å². The third-order valence-electron chi connectivity index (χ3n) is 4.06. The predicted molar refractivity (Wildman–Crippen MR) is 96.5 cm³/mol. The second kappa shape index (κ2) is 8.29. The number of hydrogen-bond donors (Lipinski definition) is 2. The van der Waals surface area contributed by atoms with Gasteiger partial charge >= 0.3 is 0 Å². The van der Waals surface area contributed by atoms with E-state index in [1.54, 1.807) is 24.3 Å². The first-order valence-electron chi connectivity index (χ1n) is 8.18. The Morgan fingerprint density at radius 2 is 2.08 bits per heavy atom. The van der Waals surface area contributed by atoms with Gasteiger partial charge in [-0.05, 0) is 42.7 Å². The summed E-state index contributed by atoms with van der Waals surface area (Å²) in [5.41, 5.74) is 2.36. The van der Waals surface area contributed by atoms with Crippen molar-refractivity contribution >= 4 is 23.2 Å². The molecule has 1 heterocycles. The molecule has 2 aromatic rings. The van der Waals surface area contributed by atoms with Gasteiger partial charge in [0.05, 0.1) is 17.2 Å². The van der Waals surface area contributed by atoms with Gasteiger partial charge in [0.2, 0.25) is 0 Å². The molecule has 5 heteroatoms. The molecule has 0 spiro atoms. The van der Waals surface area contributed by atoms with E-state index in [4.69, 9.17) is 16.3 Å². The standard InChI is InChI=1S/C19H21ClN2O2/c20-18-9-2-1-8-17(18)19(23)22-15-6-3-5-14(11-15)12-21-16-7-4-10-24-13-16/h1-3,5-6,8-9,11,16,21H,4,7,10,12-13H2,(H,22,23)/t16-/m1/s1. The molecule has 1 saturated heterocycles. The third kappa shape index (κ3) is 4.57. The molecule has 3 rings (SSSR count). The molecule has 1 aliphatic heterocycles. The molecule has 0 bridgehead atoms. The van der Waals surface area contributed by atoms with Crippen LogP contribution in [0.4, 0.5) is 5.69 Å². The fourth-order valence-corrected chi connectivity index (χ4v) is 2.99. The van der Waals surface area contributed by atoms with Crippen molar-refractivity contribution in [3.05, 3.63) is 64.7 Å². The number of rotatable bonds is 5. The smallest absolute Gasteiger partial charge is 0.257 e. The molecular weight excluding hydrogens is 324 g/mol. The van der Waals surface area contributed by atoms with E-state index >= 15 is 0 Å². The van der Waals surface area contributed by atoms with Gasteiger partial charge in [0.15, 0.2) is 0 Å². The van der Waals surface area contributed by atoms with Crippen LogP contribution in [0.1, 0.15) is 28.8 Å². The van der Waals surface area contributed by atoms with E-state index in [2.05, 4.69) is 10.6 Å². The van der Waals surface area contributed by atoms with Crippen LogP contribution in [-0.2, 0) is 11.3 Å². The molecular formula is C19H21ClN2O2. The van der Waals surface area contributed by atoms with Crippen molar-refractivity contribution in [2.45, 2.75) is 25.4 Å². The minimum absolute atomic E-state index is 0.202. The summed E-state index contributed by atoms with van der Waals surface area (Å²) in [6, 6.07) is 15.3. The molecule has 1 atom stereocenters. The molecule has 1 aliphatic rings. The maximum Gasteiger partial charge on any atom is 0.257 e. The quantitative estimate of drug-likeness (QED) is 0.866. The summed E-state index contributed by atoms with van der Waals surface area (Å²) < 4.78 is 5.48. The SMILES string of the molecule is O=C(Nc1cccc(CN[C@@H]2CCCOC2)c1)c1ccccc1Cl. The number of amides is 1. The highest BCUT2D eigenvalue weighted by molar-refractivity contribution is 6.34. The Morgan fingerprint density at radius 1 is 1.21 bits per heavy atom. The van der Waals surface area contributed by atoms with E-state index in [1.165, 1.54) is 0 Å². The van der Waals surface area contributed by atoms with Crippen molar-refractivity contribution < 1.29 is 9.53 Å². The number of ether oxygens (including phenoxy) is 1. The normalized spacial score (nSPS) is 17.5. The third-order valence-corrected chi connectivity index (χ3v) is 4.39. The summed E-state index contributed by atoms with van der Waals surface area (Å²) in [7, 11) is 0. The summed E-state index contributed by atoms with van der Waals surface area (Å²) in [4.78, 5) is 12.3. The number of carbonyl (C=O) groups is 1. The number of nitrogens with one attached hydrogen (secondary N) is 2. The lowest BCUT2D eigenvalue weighted by molar-refractivity contribution is 0.0699. The van der Waals surface area contributed by atoms with Gasteiger partial charge in [-0.2, -0.15) is 0 Å². The van der Waals surface area contributed by atoms with E-state index in [0.29, 0.717) is 16.6 Å². The van der Waals surface area contributed by atoms with Gasteiger partial charge in [0.25, 0.3) is 5.91 Å². The van der Waals surface area contributed by atoms with Gasteiger partial charge in [-0.25, -0.2) is 0 Å². The maximum absolute atomic E-state index is 12.3. The van der Waals surface area contributed by atoms with E-state index in [9.17, 15) is 4.79 Å². The van der Waals surface area contributed by atoms with Crippen molar-refractivity contribution in [1.82, 2.24) is 5.32 Å². The minimum atomic E-state index is -0.202. The fraction of sp³-hybridized carbons (Fsp3) is 0.316. The first kappa shape index (κ1) is 17.0. The van der Waals surface area contributed by atoms with Crippen molar-refractivity contribution in [2.24, 2.45) is 0 Å². The summed E-state index contributed by atoms with van der Waals surface area (Å²) in [5, 5.41) is 6.85. The topological polar surface area (TPSA) is 50.4 Å². The van der Waals surface area contributed by atoms with Gasteiger partial charge in [-0.1, -0.05) is 35.9 Å². The molecule has 0 radical (unpaired) electrons. The van der Waals surface area contributed by atoms with E-state index < -0.39 is 0 Å². The molecule has 2 aromatic carbocycles. The average molecular weight is 345 g/mol. The Kier molecular flexibility index (Phi) is 5.86. The number of anilines is 1. The van der Waals surface area contributed by atoms with Crippen molar-refractivity contribution in [2.75, 3.05) is 18.5 Å². The average Bonchev–Trinajstić information content (AvgIpc) is 2.61. The first-order chi connectivity index (χ1) is 11.7. The van der Waals surface area contributed by atoms with E-state index in [-0.39, 0.29) is 5.91 Å². The molecule has 1 amide bonds. The zero-order chi connectivity index (χ0) is 16.8. The Bertz CT molecular complexity index is 699. The zero-order valence-corrected chi connectivity index (χ0v) is 14.2. The van der Waals surface area contributed by atoms with Crippen molar-refractivity contribution in [3.8, 4) is 0 Å². The second-order valence-corrected chi connectivity index (χ2v) is 6.34. The number of hydrogen-bond acceptors (Lipinski definition) is 3. The molecule has 24 heavy (non-hydrogen) atoms. The Hall–Kier alpha value is -1.88. The van der Waals surface area contributed by atoms with Crippen LogP contribution in [0, 0.1) is 0 Å². The first-order valence-corrected chi connectivity index (χ1v) is 8.56. The molecule has 2 N–H and O–H groups in total. The molecule has 0 aliphatic carbocycles. The van der Waals surface area contributed by atoms with Crippen LogP contribution in [-0.4, -0.2) is 25.2 Å². The lowest BCUT2D eigenvalue weighted by Crippen LogP contribution is -2.36. The highest BCUT2D eigenvalue weighted by atomic mass is 35.5. The van der Waals surface area contributed by atoms with Crippen LogP contribution >= 0.6 is 11.6 Å². The molecule has 0 saturated carbocycles. The van der Waals surface area contributed by atoms with Crippen molar-refractivity contribution in [1.29, 1.82) is 0 Å². The molecule has 0 unspecified atom stereocenters. The zero-order valence-electron chi connectivity index (χ0n) is 13.4. The van der Waals surface area contributed by atoms with Gasteiger partial charge in [0, 0.05) is 24.9 Å². The van der Waals surface area contributed by atoms with Crippen LogP contribution in [0.15, 0.2) is 48.5 Å². The van der Waals surface area contributed by atoms with Crippen LogP contribution in [0.5, 0.6) is 0 Å². The van der Waals surface area contributed by atoms with Gasteiger partial charge < -0.3 is 15.4 Å². The lowest BCUT2D eigenvalue weighted by Gasteiger charge is -2.23. The summed E-state index contributed by atoms with van der Waals surface area (Å²) in [6.07, 6.45) is 2.24. The van der Waals surface area contributed by atoms with Gasteiger partial charge in [0.1, 0.15) is 0 Å². The molecule has 1 fully saturated rings. The Labute approximate surface area is 147 Å². The number of carbonyl (C=O) groups excluding carboxylic acids is 1. The van der Waals surface area contributed by atoms with Crippen LogP contribution in [0.3, 0.4) is 0 Å². The molecule has 0 aromatic heterocycles. The molecule has 4 nitrogen and oxygen atoms in total. The van der Waals surface area contributed by atoms with E-state index in [1.807, 2.05) is 24.3 Å². The van der Waals surface area contributed by atoms with Crippen molar-refractivity contribution in [3.63, 3.8) is 0 Å². The lowest BCUT2D eigenvalue weighted by atomic mass is 10.1. The maximum atomic E-state index is 12.3. The van der Waals surface area contributed by atoms with Gasteiger partial charge in [-0.15, -0.1) is 0 Å². The summed E-state index contributed by atoms with van der Waals surface area (Å²) >= 11 is 6.07. The minimum Gasteiger partial charge on any atom is -0.380 e. The van der Waals surface area contributed by atoms with Crippen LogP contribution in [0.25, 0.3) is 0 Å². The Morgan fingerprint density at radius 3 is 2.88 bits per heavy atom. The fourth-order valence-electron chi connectivity index (χ4n) is 2.77. The highest BCUT2D eigenvalue weighted by Crippen LogP contribution is 2.18. The number of halogens is 1. The highest BCUT2D eigenvalue weighted by Gasteiger charge is 2.13. The monoisotopic (exact) mass is 344 g/mol. The predicted octanol–water partition coefficient (Wildman–Crippen LogP) is 3.86.